The molecule has 9 rings (SSSR count). The summed E-state index contributed by atoms with van der Waals surface area (Å²) in [6, 6.07) is 23.3. The van der Waals surface area contributed by atoms with Gasteiger partial charge in [-0.1, -0.05) is 97.4 Å². The maximum absolute atomic E-state index is 16.7. The van der Waals surface area contributed by atoms with E-state index in [4.69, 9.17) is 0 Å². The van der Waals surface area contributed by atoms with Crippen molar-refractivity contribution in [3.63, 3.8) is 0 Å². The van der Waals surface area contributed by atoms with E-state index in [2.05, 4.69) is 126 Å². The molecule has 0 radical (unpaired) electrons. The number of hydrogen-bond donors (Lipinski definition) is 0. The molecule has 1 atom stereocenters. The molecule has 2 aromatic heterocycles. The third kappa shape index (κ3) is 4.60. The van der Waals surface area contributed by atoms with Crippen molar-refractivity contribution in [2.75, 3.05) is 0 Å². The molecule has 1 aliphatic heterocycles. The first-order valence-corrected chi connectivity index (χ1v) is 20.0. The number of halogens is 2. The Morgan fingerprint density at radius 3 is 2.13 bits per heavy atom. The van der Waals surface area contributed by atoms with Crippen LogP contribution in [0.15, 0.2) is 79.1 Å². The monoisotopic (exact) mass is 706 g/mol. The second kappa shape index (κ2) is 11.8. The second-order valence-corrected chi connectivity index (χ2v) is 17.4. The second-order valence-electron chi connectivity index (χ2n) is 17.4. The van der Waals surface area contributed by atoms with Crippen LogP contribution in [-0.2, 0) is 36.3 Å². The summed E-state index contributed by atoms with van der Waals surface area (Å²) in [6.07, 6.45) is 11.3. The molecule has 4 heteroatoms. The SMILES string of the molecule is CCCCc1cc2c3c4[n+](ccc3c1)C(CC)(CC)CC(Cc1ccc(F)c3c1-c1c5c(cccc5cc[n+]1C)C3(C)C)c1ccc(F)c(c1-4)C2(C)C. The lowest BCUT2D eigenvalue weighted by Gasteiger charge is -2.36. The van der Waals surface area contributed by atoms with Gasteiger partial charge in [0.1, 0.15) is 18.7 Å². The van der Waals surface area contributed by atoms with Crippen LogP contribution in [0.1, 0.15) is 125 Å². The highest BCUT2D eigenvalue weighted by molar-refractivity contribution is 6.02. The molecule has 0 N–H and O–H groups in total. The van der Waals surface area contributed by atoms with Gasteiger partial charge in [-0.15, -0.1) is 0 Å². The van der Waals surface area contributed by atoms with Crippen molar-refractivity contribution < 1.29 is 17.9 Å². The molecule has 0 amide bonds. The molecule has 6 aromatic rings. The highest BCUT2D eigenvalue weighted by atomic mass is 19.1. The van der Waals surface area contributed by atoms with Crippen LogP contribution in [0.3, 0.4) is 0 Å². The summed E-state index contributed by atoms with van der Waals surface area (Å²) in [5.74, 6) is -0.198. The third-order valence-corrected chi connectivity index (χ3v) is 13.9. The fourth-order valence-electron chi connectivity index (χ4n) is 11.1. The first-order valence-electron chi connectivity index (χ1n) is 20.0. The molecule has 0 fully saturated rings. The quantitative estimate of drug-likeness (QED) is 0.146. The number of nitrogens with zero attached hydrogens (tertiary/aromatic N) is 2. The number of fused-ring (bicyclic) bond motifs is 2. The smallest absolute Gasteiger partial charge is 0.207 e. The van der Waals surface area contributed by atoms with Gasteiger partial charge in [-0.2, -0.15) is 4.57 Å². The van der Waals surface area contributed by atoms with Crippen LogP contribution in [0.5, 0.6) is 0 Å². The van der Waals surface area contributed by atoms with Gasteiger partial charge >= 0.3 is 0 Å². The fraction of sp³-hybridized carbons (Fsp3) is 0.388. The lowest BCUT2D eigenvalue weighted by molar-refractivity contribution is -0.756. The van der Waals surface area contributed by atoms with E-state index in [1.54, 1.807) is 12.1 Å². The van der Waals surface area contributed by atoms with E-state index >= 15 is 8.78 Å². The Labute approximate surface area is 313 Å². The van der Waals surface area contributed by atoms with E-state index in [9.17, 15) is 0 Å². The maximum Gasteiger partial charge on any atom is 0.221 e. The van der Waals surface area contributed by atoms with E-state index < -0.39 is 10.8 Å². The number of aromatic nitrogens is 2. The molecule has 0 saturated carbocycles. The molecule has 2 nitrogen and oxygen atoms in total. The zero-order valence-corrected chi connectivity index (χ0v) is 32.7. The van der Waals surface area contributed by atoms with Crippen molar-refractivity contribution in [1.82, 2.24) is 0 Å². The number of unbranched alkanes of at least 4 members (excludes halogenated alkanes) is 1. The average molecular weight is 707 g/mol. The molecule has 3 aliphatic rings. The number of pyridine rings is 2. The predicted octanol–water partition coefficient (Wildman–Crippen LogP) is 11.6. The Bertz CT molecular complexity index is 2520. The predicted molar refractivity (Wildman–Crippen MR) is 213 cm³/mol. The van der Waals surface area contributed by atoms with Gasteiger partial charge in [0.25, 0.3) is 0 Å². The number of aryl methyl sites for hydroxylation is 2. The average Bonchev–Trinajstić information content (AvgIpc) is 3.25. The largest absolute Gasteiger partial charge is 0.221 e. The van der Waals surface area contributed by atoms with Gasteiger partial charge in [-0.25, -0.2) is 13.3 Å². The van der Waals surface area contributed by atoms with Crippen molar-refractivity contribution in [3.05, 3.63) is 130 Å². The van der Waals surface area contributed by atoms with Gasteiger partial charge in [-0.05, 0) is 75.9 Å². The van der Waals surface area contributed by atoms with Crippen molar-refractivity contribution >= 4 is 21.5 Å². The minimum Gasteiger partial charge on any atom is -0.207 e. The maximum atomic E-state index is 16.7. The summed E-state index contributed by atoms with van der Waals surface area (Å²) in [7, 11) is 2.09. The van der Waals surface area contributed by atoms with Crippen LogP contribution < -0.4 is 9.13 Å². The number of rotatable bonds is 7. The number of hydrogen-bond acceptors (Lipinski definition) is 0. The van der Waals surface area contributed by atoms with E-state index in [0.29, 0.717) is 0 Å². The summed E-state index contributed by atoms with van der Waals surface area (Å²) >= 11 is 0. The Kier molecular flexibility index (Phi) is 7.63. The lowest BCUT2D eigenvalue weighted by atomic mass is 9.66. The standard InChI is InChI=1S/C49H52F2N2/c1-9-12-14-29-25-32-22-24-53-46-40(32)36(26-29)48(6,7)44-38(51)20-18-34(42(44)46)33(28-49(53,10-2)11-3)27-31-17-19-37(50)43-41(31)45-39-30(21-23-52(45)8)15-13-16-35(39)47(43,4)5/h13,15-26,33H,9-12,14,27-28H2,1-8H3/q+2. The molecular formula is C49H52F2N2+2. The third-order valence-electron chi connectivity index (χ3n) is 13.9. The summed E-state index contributed by atoms with van der Waals surface area (Å²) in [5.41, 5.74) is 10.9. The molecule has 3 heterocycles. The minimum absolute atomic E-state index is 0.0831. The van der Waals surface area contributed by atoms with Crippen LogP contribution in [-0.4, -0.2) is 0 Å². The van der Waals surface area contributed by atoms with Crippen molar-refractivity contribution in [2.45, 2.75) is 116 Å². The molecule has 4 aromatic carbocycles. The number of benzene rings is 4. The van der Waals surface area contributed by atoms with E-state index in [0.717, 1.165) is 84.0 Å². The molecular weight excluding hydrogens is 655 g/mol. The summed E-state index contributed by atoms with van der Waals surface area (Å²) in [4.78, 5) is 0. The molecule has 0 spiro atoms. The fourth-order valence-corrected chi connectivity index (χ4v) is 11.1. The van der Waals surface area contributed by atoms with Gasteiger partial charge in [0.05, 0.1) is 21.9 Å². The minimum atomic E-state index is -0.524. The Morgan fingerprint density at radius 1 is 0.717 bits per heavy atom. The molecule has 2 aliphatic carbocycles. The Balaban J connectivity index is 1.33. The van der Waals surface area contributed by atoms with Crippen molar-refractivity contribution in [1.29, 1.82) is 0 Å². The normalized spacial score (nSPS) is 18.3. The first-order chi connectivity index (χ1) is 25.4. The van der Waals surface area contributed by atoms with E-state index in [-0.39, 0.29) is 23.1 Å². The summed E-state index contributed by atoms with van der Waals surface area (Å²) in [5, 5.41) is 4.92. The van der Waals surface area contributed by atoms with E-state index in [1.165, 1.54) is 43.9 Å². The van der Waals surface area contributed by atoms with Crippen LogP contribution in [0.25, 0.3) is 44.1 Å². The van der Waals surface area contributed by atoms with Crippen LogP contribution in [0, 0.1) is 11.6 Å². The van der Waals surface area contributed by atoms with Gasteiger partial charge in [0, 0.05) is 53.4 Å². The molecule has 53 heavy (non-hydrogen) atoms. The molecule has 0 saturated heterocycles. The Hall–Kier alpha value is -4.44. The topological polar surface area (TPSA) is 7.76 Å². The zero-order chi connectivity index (χ0) is 37.2. The molecule has 0 bridgehead atoms. The van der Waals surface area contributed by atoms with E-state index in [1.807, 2.05) is 6.07 Å². The van der Waals surface area contributed by atoms with Gasteiger partial charge in [0.15, 0.2) is 17.9 Å². The van der Waals surface area contributed by atoms with Crippen LogP contribution in [0.4, 0.5) is 8.78 Å². The highest BCUT2D eigenvalue weighted by Crippen LogP contribution is 2.56. The van der Waals surface area contributed by atoms with Gasteiger partial charge < -0.3 is 0 Å². The van der Waals surface area contributed by atoms with Crippen LogP contribution >= 0.6 is 0 Å². The van der Waals surface area contributed by atoms with Crippen molar-refractivity contribution in [3.8, 4) is 22.5 Å². The molecule has 270 valence electrons. The summed E-state index contributed by atoms with van der Waals surface area (Å²) < 4.78 is 37.9. The Morgan fingerprint density at radius 2 is 1.40 bits per heavy atom. The van der Waals surface area contributed by atoms with Gasteiger partial charge in [-0.3, -0.25) is 0 Å². The molecule has 1 unspecified atom stereocenters. The lowest BCUT2D eigenvalue weighted by Crippen LogP contribution is -2.57. The van der Waals surface area contributed by atoms with Crippen LogP contribution in [0.2, 0.25) is 0 Å². The zero-order valence-electron chi connectivity index (χ0n) is 32.7. The van der Waals surface area contributed by atoms with Gasteiger partial charge in [0.2, 0.25) is 11.4 Å². The highest BCUT2D eigenvalue weighted by Gasteiger charge is 2.51. The first kappa shape index (κ1) is 34.3. The van der Waals surface area contributed by atoms with Crippen molar-refractivity contribution in [2.24, 2.45) is 7.05 Å². The summed E-state index contributed by atoms with van der Waals surface area (Å²) in [6.45, 7) is 15.7.